The van der Waals surface area contributed by atoms with E-state index in [0.717, 1.165) is 5.56 Å². The van der Waals surface area contributed by atoms with E-state index in [9.17, 15) is 24.0 Å². The van der Waals surface area contributed by atoms with Gasteiger partial charge in [-0.05, 0) is 18.4 Å². The fraction of sp³-hybridized carbons (Fsp3) is 0.400. The lowest BCUT2D eigenvalue weighted by Gasteiger charge is -2.25. The van der Waals surface area contributed by atoms with Gasteiger partial charge in [0, 0.05) is 25.6 Å². The maximum absolute atomic E-state index is 13.4. The van der Waals surface area contributed by atoms with Crippen molar-refractivity contribution in [2.45, 2.75) is 56.3 Å². The second kappa shape index (κ2) is 16.2. The number of hydrogen-bond donors (Lipinski definition) is 9. The van der Waals surface area contributed by atoms with Gasteiger partial charge >= 0.3 is 5.97 Å². The van der Waals surface area contributed by atoms with Crippen molar-refractivity contribution in [1.29, 1.82) is 5.41 Å². The monoisotopic (exact) mass is 556 g/mol. The molecule has 1 aromatic heterocycles. The van der Waals surface area contributed by atoms with Gasteiger partial charge in [-0.2, -0.15) is 0 Å². The quantitative estimate of drug-likeness (QED) is 0.0578. The molecule has 215 valence electrons. The van der Waals surface area contributed by atoms with Gasteiger partial charge in [0.25, 0.3) is 0 Å². The number of rotatable bonds is 17. The Morgan fingerprint density at radius 3 is 2.27 bits per heavy atom. The number of aliphatic carboxylic acids is 1. The fourth-order valence-electron chi connectivity index (χ4n) is 3.67. The summed E-state index contributed by atoms with van der Waals surface area (Å²) in [6.07, 6.45) is 4.63. The summed E-state index contributed by atoms with van der Waals surface area (Å²) in [5.41, 5.74) is 12.0. The molecule has 2 rings (SSSR count). The minimum atomic E-state index is -1.41. The van der Waals surface area contributed by atoms with E-state index in [2.05, 4.69) is 31.2 Å². The zero-order valence-corrected chi connectivity index (χ0v) is 21.7. The Balaban J connectivity index is 2.19. The summed E-state index contributed by atoms with van der Waals surface area (Å²) in [6, 6.07) is 4.07. The molecule has 15 heteroatoms. The Labute approximate surface area is 230 Å². The zero-order valence-electron chi connectivity index (χ0n) is 21.7. The van der Waals surface area contributed by atoms with Gasteiger partial charge in [-0.25, -0.2) is 4.98 Å². The van der Waals surface area contributed by atoms with E-state index in [4.69, 9.17) is 22.0 Å². The number of hydrogen-bond acceptors (Lipinski definition) is 8. The number of aromatic amines is 1. The molecule has 0 saturated carbocycles. The zero-order chi connectivity index (χ0) is 29.5. The molecule has 0 bridgehead atoms. The van der Waals surface area contributed by atoms with Crippen LogP contribution >= 0.6 is 0 Å². The molecular weight excluding hydrogens is 522 g/mol. The fourth-order valence-corrected chi connectivity index (χ4v) is 3.67. The number of carboxylic acid groups (broad SMARTS) is 1. The van der Waals surface area contributed by atoms with Crippen LogP contribution in [0.15, 0.2) is 42.9 Å². The average Bonchev–Trinajstić information content (AvgIpc) is 3.42. The van der Waals surface area contributed by atoms with Crippen LogP contribution in [0.1, 0.15) is 30.5 Å². The van der Waals surface area contributed by atoms with Gasteiger partial charge in [0.1, 0.15) is 12.1 Å². The smallest absolute Gasteiger partial charge is 0.305 e. The first-order valence-electron chi connectivity index (χ1n) is 12.4. The first-order valence-corrected chi connectivity index (χ1v) is 12.4. The van der Waals surface area contributed by atoms with Gasteiger partial charge in [0.2, 0.25) is 24.0 Å². The van der Waals surface area contributed by atoms with Crippen LogP contribution in [-0.2, 0) is 36.8 Å². The van der Waals surface area contributed by atoms with E-state index < -0.39 is 54.3 Å². The number of guanidine groups is 1. The molecule has 0 aliphatic rings. The average molecular weight is 557 g/mol. The third-order valence-corrected chi connectivity index (χ3v) is 5.69. The third kappa shape index (κ3) is 11.3. The van der Waals surface area contributed by atoms with Crippen LogP contribution in [0, 0.1) is 5.41 Å². The Kier molecular flexibility index (Phi) is 12.8. The van der Waals surface area contributed by atoms with Gasteiger partial charge in [-0.3, -0.25) is 29.4 Å². The van der Waals surface area contributed by atoms with Crippen LogP contribution in [-0.4, -0.2) is 81.7 Å². The molecule has 0 unspecified atom stereocenters. The predicted octanol–water partition coefficient (Wildman–Crippen LogP) is -2.18. The largest absolute Gasteiger partial charge is 0.481 e. The minimum absolute atomic E-state index is 0.0669. The van der Waals surface area contributed by atoms with Crippen molar-refractivity contribution in [1.82, 2.24) is 31.2 Å². The van der Waals surface area contributed by atoms with E-state index in [1.54, 1.807) is 36.6 Å². The molecule has 11 N–H and O–H groups in total. The highest BCUT2D eigenvalue weighted by Crippen LogP contribution is 2.07. The number of aromatic nitrogens is 2. The van der Waals surface area contributed by atoms with Crippen molar-refractivity contribution in [3.63, 3.8) is 0 Å². The number of benzene rings is 1. The van der Waals surface area contributed by atoms with Crippen molar-refractivity contribution in [3.8, 4) is 0 Å². The highest BCUT2D eigenvalue weighted by Gasteiger charge is 2.30. The summed E-state index contributed by atoms with van der Waals surface area (Å²) in [6.45, 7) is 0.312. The number of carbonyl (C=O) groups excluding carboxylic acids is 4. The highest BCUT2D eigenvalue weighted by molar-refractivity contribution is 5.94. The van der Waals surface area contributed by atoms with Gasteiger partial charge in [-0.1, -0.05) is 30.3 Å². The van der Waals surface area contributed by atoms with E-state index in [1.807, 2.05) is 0 Å². The summed E-state index contributed by atoms with van der Waals surface area (Å²) < 4.78 is 0. The SMILES string of the molecule is N=C(N)NCCC[C@@H]([C]=O)NC(=O)[C@@H](Cc1ccccc1)NC(=O)[C@H](Cc1c[nH]cn1)NC(=O)[C@@H](N)CC(=O)O. The van der Waals surface area contributed by atoms with E-state index in [1.165, 1.54) is 12.5 Å². The Bertz CT molecular complexity index is 1140. The molecule has 1 heterocycles. The molecule has 0 aliphatic carbocycles. The van der Waals surface area contributed by atoms with Gasteiger partial charge in [0.15, 0.2) is 5.96 Å². The number of carboxylic acids is 1. The van der Waals surface area contributed by atoms with Gasteiger partial charge < -0.3 is 42.8 Å². The standard InChI is InChI=1S/C25H34N9O6/c26-18(11-21(36)37)22(38)33-20(10-17-12-29-14-31-17)24(40)34-19(9-15-5-2-1-3-6-15)23(39)32-16(13-35)7-4-8-30-25(27)28/h1-3,5-6,12,14,16,18-20H,4,7-11,26H2,(H,29,31)(H,32,39)(H,33,38)(H,34,40)(H,36,37)(H4,27,28,30)/t16-,18-,19+,20-/m0/s1. The molecule has 3 amide bonds. The minimum Gasteiger partial charge on any atom is -0.481 e. The van der Waals surface area contributed by atoms with Crippen LogP contribution in [0.5, 0.6) is 0 Å². The summed E-state index contributed by atoms with van der Waals surface area (Å²) >= 11 is 0. The number of amides is 3. The van der Waals surface area contributed by atoms with Crippen LogP contribution < -0.4 is 32.7 Å². The lowest BCUT2D eigenvalue weighted by molar-refractivity contribution is -0.139. The first kappa shape index (κ1) is 31.4. The van der Waals surface area contributed by atoms with Crippen molar-refractivity contribution in [2.75, 3.05) is 6.54 Å². The molecule has 15 nitrogen and oxygen atoms in total. The third-order valence-electron chi connectivity index (χ3n) is 5.69. The van der Waals surface area contributed by atoms with Crippen LogP contribution in [0.2, 0.25) is 0 Å². The normalized spacial score (nSPS) is 13.6. The van der Waals surface area contributed by atoms with Crippen molar-refractivity contribution in [3.05, 3.63) is 54.1 Å². The number of carbonyl (C=O) groups is 4. The maximum atomic E-state index is 13.4. The van der Waals surface area contributed by atoms with Gasteiger partial charge in [-0.15, -0.1) is 0 Å². The van der Waals surface area contributed by atoms with Crippen molar-refractivity contribution in [2.24, 2.45) is 11.5 Å². The van der Waals surface area contributed by atoms with Crippen molar-refractivity contribution < 1.29 is 29.1 Å². The second-order valence-corrected chi connectivity index (χ2v) is 8.94. The topological polar surface area (TPSA) is 258 Å². The summed E-state index contributed by atoms with van der Waals surface area (Å²) in [5, 5.41) is 26.4. The van der Waals surface area contributed by atoms with Crippen LogP contribution in [0.3, 0.4) is 0 Å². The lowest BCUT2D eigenvalue weighted by Crippen LogP contribution is -2.58. The van der Waals surface area contributed by atoms with Crippen molar-refractivity contribution >= 4 is 35.9 Å². The maximum Gasteiger partial charge on any atom is 0.305 e. The highest BCUT2D eigenvalue weighted by atomic mass is 16.4. The van der Waals surface area contributed by atoms with E-state index in [-0.39, 0.29) is 25.2 Å². The second-order valence-electron chi connectivity index (χ2n) is 8.94. The van der Waals surface area contributed by atoms with E-state index in [0.29, 0.717) is 18.7 Å². The number of H-pyrrole nitrogens is 1. The molecule has 1 aromatic carbocycles. The number of imidazole rings is 1. The lowest BCUT2D eigenvalue weighted by atomic mass is 10.0. The first-order chi connectivity index (χ1) is 19.1. The number of nitrogens with two attached hydrogens (primary N) is 2. The molecule has 0 spiro atoms. The Morgan fingerprint density at radius 2 is 1.68 bits per heavy atom. The molecule has 1 radical (unpaired) electrons. The molecule has 4 atom stereocenters. The van der Waals surface area contributed by atoms with Crippen LogP contribution in [0.25, 0.3) is 0 Å². The molecule has 0 aliphatic heterocycles. The molecular formula is C25H34N9O6. The molecule has 40 heavy (non-hydrogen) atoms. The number of nitrogens with one attached hydrogen (secondary N) is 6. The predicted molar refractivity (Wildman–Crippen MR) is 143 cm³/mol. The molecule has 0 fully saturated rings. The summed E-state index contributed by atoms with van der Waals surface area (Å²) in [7, 11) is 0. The molecule has 0 saturated heterocycles. The van der Waals surface area contributed by atoms with Crippen LogP contribution in [0.4, 0.5) is 0 Å². The van der Waals surface area contributed by atoms with Gasteiger partial charge in [0.05, 0.1) is 30.5 Å². The Morgan fingerprint density at radius 1 is 1.02 bits per heavy atom. The summed E-state index contributed by atoms with van der Waals surface area (Å²) in [5.74, 6) is -3.77. The Hall–Kier alpha value is -4.79. The molecule has 2 aromatic rings. The van der Waals surface area contributed by atoms with E-state index >= 15 is 0 Å². The summed E-state index contributed by atoms with van der Waals surface area (Å²) in [4.78, 5) is 68.4. The number of nitrogens with zero attached hydrogens (tertiary/aromatic N) is 1.